The van der Waals surface area contributed by atoms with Crippen LogP contribution in [0.3, 0.4) is 0 Å². The lowest BCUT2D eigenvalue weighted by atomic mass is 9.88. The third kappa shape index (κ3) is 2.35. The minimum atomic E-state index is -0.350. The van der Waals surface area contributed by atoms with E-state index in [1.54, 1.807) is 0 Å². The Morgan fingerprint density at radius 3 is 2.85 bits per heavy atom. The van der Waals surface area contributed by atoms with Crippen molar-refractivity contribution in [1.29, 1.82) is 0 Å². The Balaban J connectivity index is 1.68. The van der Waals surface area contributed by atoms with E-state index in [-0.39, 0.29) is 24.5 Å². The molecule has 6 heteroatoms. The molecule has 1 aliphatic rings. The normalized spacial score (nSPS) is 17.9. The van der Waals surface area contributed by atoms with E-state index in [0.717, 1.165) is 11.0 Å². The maximum Gasteiger partial charge on any atom is 0.206 e. The van der Waals surface area contributed by atoms with Crippen molar-refractivity contribution >= 4 is 16.8 Å². The van der Waals surface area contributed by atoms with E-state index in [4.69, 9.17) is 19.7 Å². The molecule has 106 valence electrons. The van der Waals surface area contributed by atoms with Gasteiger partial charge >= 0.3 is 0 Å². The van der Waals surface area contributed by atoms with Crippen LogP contribution in [0.4, 0.5) is 0 Å². The summed E-state index contributed by atoms with van der Waals surface area (Å²) >= 11 is 0. The SMILES string of the molecule is N/C(=N/OCC1(CO)COC1)c1cc2ccccc2o1. The number of hydrogen-bond acceptors (Lipinski definition) is 5. The predicted molar refractivity (Wildman–Crippen MR) is 73.2 cm³/mol. The number of fused-ring (bicyclic) bond motifs is 1. The molecule has 6 nitrogen and oxygen atoms in total. The van der Waals surface area contributed by atoms with Crippen molar-refractivity contribution in [2.24, 2.45) is 16.3 Å². The van der Waals surface area contributed by atoms with Gasteiger partial charge in [0.25, 0.3) is 0 Å². The van der Waals surface area contributed by atoms with Crippen LogP contribution in [0.2, 0.25) is 0 Å². The molecule has 0 spiro atoms. The van der Waals surface area contributed by atoms with Gasteiger partial charge < -0.3 is 24.8 Å². The fraction of sp³-hybridized carbons (Fsp3) is 0.357. The summed E-state index contributed by atoms with van der Waals surface area (Å²) in [5.74, 6) is 0.642. The highest BCUT2D eigenvalue weighted by atomic mass is 16.6. The largest absolute Gasteiger partial charge is 0.453 e. The first kappa shape index (κ1) is 13.0. The van der Waals surface area contributed by atoms with Gasteiger partial charge in [-0.1, -0.05) is 23.4 Å². The van der Waals surface area contributed by atoms with Gasteiger partial charge in [-0.3, -0.25) is 0 Å². The van der Waals surface area contributed by atoms with E-state index in [1.165, 1.54) is 0 Å². The van der Waals surface area contributed by atoms with E-state index >= 15 is 0 Å². The number of aliphatic hydroxyl groups is 1. The van der Waals surface area contributed by atoms with Gasteiger partial charge in [0.2, 0.25) is 5.84 Å². The maximum atomic E-state index is 9.26. The summed E-state index contributed by atoms with van der Waals surface area (Å²) in [5, 5.41) is 14.1. The Morgan fingerprint density at radius 2 is 2.20 bits per heavy atom. The highest BCUT2D eigenvalue weighted by molar-refractivity contribution is 5.98. The number of furan rings is 1. The molecule has 2 heterocycles. The lowest BCUT2D eigenvalue weighted by Crippen LogP contribution is -2.48. The molecule has 0 atom stereocenters. The van der Waals surface area contributed by atoms with Crippen molar-refractivity contribution in [2.75, 3.05) is 26.4 Å². The maximum absolute atomic E-state index is 9.26. The topological polar surface area (TPSA) is 90.2 Å². The lowest BCUT2D eigenvalue weighted by molar-refractivity contribution is -0.168. The van der Waals surface area contributed by atoms with Crippen LogP contribution in [0.1, 0.15) is 5.76 Å². The Labute approximate surface area is 115 Å². The second-order valence-corrected chi connectivity index (χ2v) is 5.05. The number of ether oxygens (including phenoxy) is 1. The van der Waals surface area contributed by atoms with Crippen LogP contribution in [0.25, 0.3) is 11.0 Å². The molecule has 1 aromatic heterocycles. The van der Waals surface area contributed by atoms with Gasteiger partial charge in [-0.05, 0) is 12.1 Å². The predicted octanol–water partition coefficient (Wildman–Crippen LogP) is 1.08. The first-order chi connectivity index (χ1) is 9.72. The van der Waals surface area contributed by atoms with Crippen LogP contribution in [0, 0.1) is 5.41 Å². The van der Waals surface area contributed by atoms with Crippen LogP contribution in [-0.2, 0) is 9.57 Å². The summed E-state index contributed by atoms with van der Waals surface area (Å²) in [4.78, 5) is 5.21. The Morgan fingerprint density at radius 1 is 1.40 bits per heavy atom. The first-order valence-electron chi connectivity index (χ1n) is 6.35. The number of nitrogens with zero attached hydrogens (tertiary/aromatic N) is 1. The van der Waals surface area contributed by atoms with Gasteiger partial charge in [0, 0.05) is 5.39 Å². The fourth-order valence-corrected chi connectivity index (χ4v) is 2.00. The first-order valence-corrected chi connectivity index (χ1v) is 6.35. The fourth-order valence-electron chi connectivity index (χ4n) is 2.00. The monoisotopic (exact) mass is 276 g/mol. The molecule has 2 aromatic rings. The molecule has 0 saturated carbocycles. The molecule has 0 unspecified atom stereocenters. The molecule has 0 amide bonds. The standard InChI is InChI=1S/C14H16N2O4/c15-13(16-19-9-14(6-17)7-18-8-14)12-5-10-3-1-2-4-11(10)20-12/h1-5,17H,6-9H2,(H2,15,16). The summed E-state index contributed by atoms with van der Waals surface area (Å²) < 4.78 is 10.6. The zero-order chi connectivity index (χ0) is 14.0. The lowest BCUT2D eigenvalue weighted by Gasteiger charge is -2.38. The number of amidine groups is 1. The molecule has 3 N–H and O–H groups in total. The average molecular weight is 276 g/mol. The molecule has 1 aromatic carbocycles. The van der Waals surface area contributed by atoms with Gasteiger partial charge in [-0.15, -0.1) is 0 Å². The van der Waals surface area contributed by atoms with Gasteiger partial charge in [0.1, 0.15) is 12.2 Å². The summed E-state index contributed by atoms with van der Waals surface area (Å²) in [6, 6.07) is 9.42. The second-order valence-electron chi connectivity index (χ2n) is 5.05. The Kier molecular flexibility index (Phi) is 3.33. The van der Waals surface area contributed by atoms with Crippen molar-refractivity contribution in [3.8, 4) is 0 Å². The second kappa shape index (κ2) is 5.15. The number of nitrogens with two attached hydrogens (primary N) is 1. The van der Waals surface area contributed by atoms with E-state index < -0.39 is 0 Å². The summed E-state index contributed by atoms with van der Waals surface area (Å²) in [5.41, 5.74) is 6.23. The quantitative estimate of drug-likeness (QED) is 0.484. The third-order valence-corrected chi connectivity index (χ3v) is 3.36. The van der Waals surface area contributed by atoms with E-state index in [0.29, 0.717) is 19.0 Å². The molecule has 1 saturated heterocycles. The van der Waals surface area contributed by atoms with Gasteiger partial charge in [0.15, 0.2) is 5.76 Å². The van der Waals surface area contributed by atoms with E-state index in [9.17, 15) is 5.11 Å². The molecule has 1 aliphatic heterocycles. The van der Waals surface area contributed by atoms with Crippen molar-refractivity contribution in [1.82, 2.24) is 0 Å². The molecule has 0 aliphatic carbocycles. The third-order valence-electron chi connectivity index (χ3n) is 3.36. The molecule has 0 bridgehead atoms. The van der Waals surface area contributed by atoms with Crippen molar-refractivity contribution in [3.63, 3.8) is 0 Å². The van der Waals surface area contributed by atoms with Crippen molar-refractivity contribution < 1.29 is 19.1 Å². The minimum Gasteiger partial charge on any atom is -0.453 e. The van der Waals surface area contributed by atoms with Crippen LogP contribution in [0.5, 0.6) is 0 Å². The summed E-state index contributed by atoms with van der Waals surface area (Å²) in [7, 11) is 0. The van der Waals surface area contributed by atoms with Gasteiger partial charge in [-0.2, -0.15) is 0 Å². The number of benzene rings is 1. The highest BCUT2D eigenvalue weighted by Crippen LogP contribution is 2.27. The number of para-hydroxylation sites is 1. The molecule has 20 heavy (non-hydrogen) atoms. The molecule has 1 fully saturated rings. The molecule has 3 rings (SSSR count). The zero-order valence-electron chi connectivity index (χ0n) is 10.9. The van der Waals surface area contributed by atoms with Gasteiger partial charge in [0.05, 0.1) is 25.2 Å². The summed E-state index contributed by atoms with van der Waals surface area (Å²) in [6.07, 6.45) is 0. The molecular formula is C14H16N2O4. The number of oxime groups is 1. The average Bonchev–Trinajstić information content (AvgIpc) is 2.85. The smallest absolute Gasteiger partial charge is 0.206 e. The Bertz CT molecular complexity index is 592. The molecule has 0 radical (unpaired) electrons. The highest BCUT2D eigenvalue weighted by Gasteiger charge is 2.39. The van der Waals surface area contributed by atoms with Crippen LogP contribution >= 0.6 is 0 Å². The van der Waals surface area contributed by atoms with Crippen molar-refractivity contribution in [2.45, 2.75) is 0 Å². The van der Waals surface area contributed by atoms with E-state index in [2.05, 4.69) is 5.16 Å². The Hall–Kier alpha value is -2.05. The van der Waals surface area contributed by atoms with Gasteiger partial charge in [-0.25, -0.2) is 0 Å². The van der Waals surface area contributed by atoms with Crippen molar-refractivity contribution in [3.05, 3.63) is 36.1 Å². The number of hydrogen-bond donors (Lipinski definition) is 2. The van der Waals surface area contributed by atoms with E-state index in [1.807, 2.05) is 30.3 Å². The molecular weight excluding hydrogens is 260 g/mol. The number of aliphatic hydroxyl groups excluding tert-OH is 1. The minimum absolute atomic E-state index is 0.00701. The summed E-state index contributed by atoms with van der Waals surface area (Å²) in [6.45, 7) is 1.23. The zero-order valence-corrected chi connectivity index (χ0v) is 10.9. The number of rotatable bonds is 5. The van der Waals surface area contributed by atoms with Crippen LogP contribution < -0.4 is 5.73 Å². The van der Waals surface area contributed by atoms with Crippen LogP contribution in [-0.4, -0.2) is 37.4 Å². The van der Waals surface area contributed by atoms with Crippen LogP contribution in [0.15, 0.2) is 39.9 Å².